The Kier molecular flexibility index (Phi) is 6.64. The Hall–Kier alpha value is -1.24. The van der Waals surface area contributed by atoms with Crippen molar-refractivity contribution in [2.24, 2.45) is 5.41 Å². The number of hydrogen-bond donors (Lipinski definition) is 1. The lowest BCUT2D eigenvalue weighted by Crippen LogP contribution is -2.09. The second kappa shape index (κ2) is 7.16. The van der Waals surface area contributed by atoms with E-state index in [0.717, 1.165) is 12.1 Å². The minimum absolute atomic E-state index is 0.333. The summed E-state index contributed by atoms with van der Waals surface area (Å²) in [6.07, 6.45) is 3.00. The Morgan fingerprint density at radius 1 is 1.24 bits per heavy atom. The van der Waals surface area contributed by atoms with Crippen LogP contribution in [0.25, 0.3) is 6.08 Å². The van der Waals surface area contributed by atoms with Crippen LogP contribution in [0.1, 0.15) is 45.7 Å². The third kappa shape index (κ3) is 5.58. The van der Waals surface area contributed by atoms with Gasteiger partial charge in [0.1, 0.15) is 0 Å². The third-order valence-electron chi connectivity index (χ3n) is 2.34. The lowest BCUT2D eigenvalue weighted by molar-refractivity contribution is 0.411. The largest absolute Gasteiger partial charge is 0.388 e. The molecule has 0 amide bonds. The van der Waals surface area contributed by atoms with Gasteiger partial charge in [-0.15, -0.1) is 0 Å². The highest BCUT2D eigenvalue weighted by atomic mass is 14.8. The molecule has 0 heterocycles. The van der Waals surface area contributed by atoms with Gasteiger partial charge in [0.05, 0.1) is 0 Å². The predicted octanol–water partition coefficient (Wildman–Crippen LogP) is 4.99. The Morgan fingerprint density at radius 3 is 2.24 bits per heavy atom. The molecule has 1 aromatic rings. The summed E-state index contributed by atoms with van der Waals surface area (Å²) in [4.78, 5) is 0. The van der Waals surface area contributed by atoms with Gasteiger partial charge < -0.3 is 5.32 Å². The van der Waals surface area contributed by atoms with Gasteiger partial charge in [-0.3, -0.25) is 0 Å². The summed E-state index contributed by atoms with van der Waals surface area (Å²) >= 11 is 0. The van der Waals surface area contributed by atoms with E-state index in [9.17, 15) is 0 Å². The minimum atomic E-state index is 0.333. The first kappa shape index (κ1) is 15.8. The molecule has 96 valence electrons. The van der Waals surface area contributed by atoms with Crippen LogP contribution in [0.3, 0.4) is 0 Å². The van der Waals surface area contributed by atoms with Crippen molar-refractivity contribution in [3.05, 3.63) is 35.9 Å². The molecule has 1 nitrogen and oxygen atoms in total. The lowest BCUT2D eigenvalue weighted by Gasteiger charge is -2.19. The van der Waals surface area contributed by atoms with Gasteiger partial charge in [-0.25, -0.2) is 0 Å². The molecule has 0 fully saturated rings. The monoisotopic (exact) mass is 233 g/mol. The molecule has 0 aliphatic carbocycles. The Balaban J connectivity index is 0.00000121. The molecular weight excluding hydrogens is 206 g/mol. The average Bonchev–Trinajstić information content (AvgIpc) is 2.29. The van der Waals surface area contributed by atoms with Crippen LogP contribution >= 0.6 is 0 Å². The number of rotatable bonds is 3. The first-order valence-corrected chi connectivity index (χ1v) is 6.39. The van der Waals surface area contributed by atoms with Gasteiger partial charge >= 0.3 is 0 Å². The summed E-state index contributed by atoms with van der Waals surface area (Å²) in [6, 6.07) is 6.52. The molecule has 0 saturated carbocycles. The molecule has 1 heteroatoms. The molecule has 17 heavy (non-hydrogen) atoms. The van der Waals surface area contributed by atoms with Crippen molar-refractivity contribution in [2.45, 2.75) is 41.0 Å². The van der Waals surface area contributed by atoms with E-state index < -0.39 is 0 Å². The van der Waals surface area contributed by atoms with E-state index in [-0.39, 0.29) is 0 Å². The van der Waals surface area contributed by atoms with E-state index in [1.165, 1.54) is 11.1 Å². The Bertz CT molecular complexity index is 345. The maximum atomic E-state index is 3.84. The van der Waals surface area contributed by atoms with Crippen LogP contribution in [0.2, 0.25) is 0 Å². The second-order valence-corrected chi connectivity index (χ2v) is 5.11. The van der Waals surface area contributed by atoms with Crippen LogP contribution in [0, 0.1) is 5.41 Å². The van der Waals surface area contributed by atoms with Crippen molar-refractivity contribution in [3.8, 4) is 0 Å². The summed E-state index contributed by atoms with van der Waals surface area (Å²) in [5, 5.41) is 3.17. The fourth-order valence-corrected chi connectivity index (χ4v) is 1.73. The molecule has 0 saturated heterocycles. The summed E-state index contributed by atoms with van der Waals surface area (Å²) in [7, 11) is 1.94. The lowest BCUT2D eigenvalue weighted by atomic mass is 9.87. The SMILES string of the molecule is C=Cc1cc(CC(C)(C)C)ccc1NC.CC. The van der Waals surface area contributed by atoms with Crippen molar-refractivity contribution in [3.63, 3.8) is 0 Å². The second-order valence-electron chi connectivity index (χ2n) is 5.11. The van der Waals surface area contributed by atoms with Gasteiger partial charge in [0.15, 0.2) is 0 Å². The zero-order valence-electron chi connectivity index (χ0n) is 12.2. The number of nitrogens with one attached hydrogen (secondary N) is 1. The maximum Gasteiger partial charge on any atom is 0.0411 e. The van der Waals surface area contributed by atoms with E-state index in [0.29, 0.717) is 5.41 Å². The zero-order chi connectivity index (χ0) is 13.5. The highest BCUT2D eigenvalue weighted by Crippen LogP contribution is 2.24. The number of benzene rings is 1. The van der Waals surface area contributed by atoms with E-state index in [1.807, 2.05) is 27.0 Å². The van der Waals surface area contributed by atoms with Crippen molar-refractivity contribution in [2.75, 3.05) is 12.4 Å². The molecule has 1 N–H and O–H groups in total. The highest BCUT2D eigenvalue weighted by molar-refractivity contribution is 5.66. The van der Waals surface area contributed by atoms with E-state index in [1.54, 1.807) is 0 Å². The standard InChI is InChI=1S/C14H21N.C2H6/c1-6-12-9-11(10-14(2,3)4)7-8-13(12)15-5;1-2/h6-9,15H,1,10H2,2-5H3;1-2H3. The first-order valence-electron chi connectivity index (χ1n) is 6.39. The molecule has 1 aromatic carbocycles. The Morgan fingerprint density at radius 2 is 1.82 bits per heavy atom. The summed E-state index contributed by atoms with van der Waals surface area (Å²) < 4.78 is 0. The number of anilines is 1. The zero-order valence-corrected chi connectivity index (χ0v) is 12.2. The summed E-state index contributed by atoms with van der Waals surface area (Å²) in [5.41, 5.74) is 4.03. The van der Waals surface area contributed by atoms with Gasteiger partial charge in [-0.2, -0.15) is 0 Å². The molecule has 0 aliphatic heterocycles. The van der Waals surface area contributed by atoms with Crippen LogP contribution in [-0.4, -0.2) is 7.05 Å². The molecular formula is C16H27N. The third-order valence-corrected chi connectivity index (χ3v) is 2.34. The van der Waals surface area contributed by atoms with E-state index in [4.69, 9.17) is 0 Å². The van der Waals surface area contributed by atoms with Crippen LogP contribution < -0.4 is 5.32 Å². The number of hydrogen-bond acceptors (Lipinski definition) is 1. The molecule has 1 rings (SSSR count). The van der Waals surface area contributed by atoms with Crippen LogP contribution in [-0.2, 0) is 6.42 Å². The van der Waals surface area contributed by atoms with Crippen molar-refractivity contribution in [1.29, 1.82) is 0 Å². The van der Waals surface area contributed by atoms with Gasteiger partial charge in [0.25, 0.3) is 0 Å². The highest BCUT2D eigenvalue weighted by Gasteiger charge is 2.11. The molecule has 0 spiro atoms. The van der Waals surface area contributed by atoms with Crippen LogP contribution in [0.5, 0.6) is 0 Å². The molecule has 0 unspecified atom stereocenters. The van der Waals surface area contributed by atoms with Gasteiger partial charge in [-0.1, -0.05) is 53.3 Å². The predicted molar refractivity (Wildman–Crippen MR) is 80.6 cm³/mol. The van der Waals surface area contributed by atoms with Gasteiger partial charge in [0, 0.05) is 12.7 Å². The molecule has 0 aromatic heterocycles. The van der Waals surface area contributed by atoms with Crippen LogP contribution in [0.4, 0.5) is 5.69 Å². The van der Waals surface area contributed by atoms with Crippen molar-refractivity contribution in [1.82, 2.24) is 0 Å². The minimum Gasteiger partial charge on any atom is -0.388 e. The first-order chi connectivity index (χ1) is 7.96. The van der Waals surface area contributed by atoms with Gasteiger partial charge in [-0.05, 0) is 35.1 Å². The molecule has 0 aliphatic rings. The topological polar surface area (TPSA) is 12.0 Å². The van der Waals surface area contributed by atoms with Crippen molar-refractivity contribution < 1.29 is 0 Å². The molecule has 0 radical (unpaired) electrons. The fourth-order valence-electron chi connectivity index (χ4n) is 1.73. The fraction of sp³-hybridized carbons (Fsp3) is 0.500. The molecule has 0 bridgehead atoms. The quantitative estimate of drug-likeness (QED) is 0.776. The average molecular weight is 233 g/mol. The maximum absolute atomic E-state index is 3.84. The van der Waals surface area contributed by atoms with E-state index >= 15 is 0 Å². The molecule has 0 atom stereocenters. The normalized spacial score (nSPS) is 10.2. The summed E-state index contributed by atoms with van der Waals surface area (Å²) in [6.45, 7) is 14.6. The van der Waals surface area contributed by atoms with Crippen molar-refractivity contribution >= 4 is 11.8 Å². The smallest absolute Gasteiger partial charge is 0.0411 e. The summed E-state index contributed by atoms with van der Waals surface area (Å²) in [5.74, 6) is 0. The van der Waals surface area contributed by atoms with E-state index in [2.05, 4.69) is 50.9 Å². The van der Waals surface area contributed by atoms with Gasteiger partial charge in [0.2, 0.25) is 0 Å². The van der Waals surface area contributed by atoms with Crippen LogP contribution in [0.15, 0.2) is 24.8 Å². The Labute approximate surface area is 107 Å².